The highest BCUT2D eigenvalue weighted by molar-refractivity contribution is 7.92. The van der Waals surface area contributed by atoms with E-state index < -0.39 is 16.0 Å². The number of hydrogen-bond donors (Lipinski definition) is 2. The Morgan fingerprint density at radius 3 is 2.38 bits per heavy atom. The first kappa shape index (κ1) is 20.4. The molecule has 0 bridgehead atoms. The van der Waals surface area contributed by atoms with Crippen LogP contribution in [-0.2, 0) is 22.9 Å². The minimum absolute atomic E-state index is 0.121. The Morgan fingerprint density at radius 1 is 0.966 bits per heavy atom. The molecule has 6 nitrogen and oxygen atoms in total. The normalized spacial score (nSPS) is 11.1. The number of carboxylic acid groups (broad SMARTS) is 1. The first-order valence-electron chi connectivity index (χ1n) is 8.96. The van der Waals surface area contributed by atoms with Crippen molar-refractivity contribution >= 4 is 21.7 Å². The monoisotopic (exact) mass is 411 g/mol. The first-order valence-corrected chi connectivity index (χ1v) is 10.4. The maximum Gasteiger partial charge on any atom is 0.335 e. The van der Waals surface area contributed by atoms with Gasteiger partial charge < -0.3 is 9.84 Å². The Labute approximate surface area is 169 Å². The maximum absolute atomic E-state index is 12.8. The number of aryl methyl sites for hydroxylation is 2. The van der Waals surface area contributed by atoms with E-state index in [2.05, 4.69) is 4.72 Å². The molecule has 0 radical (unpaired) electrons. The Balaban J connectivity index is 1.77. The minimum atomic E-state index is -3.76. The summed E-state index contributed by atoms with van der Waals surface area (Å²) in [5.74, 6) is -0.500. The van der Waals surface area contributed by atoms with Gasteiger partial charge in [0.25, 0.3) is 10.0 Å². The fourth-order valence-corrected chi connectivity index (χ4v) is 4.04. The second-order valence-electron chi connectivity index (χ2n) is 6.44. The maximum atomic E-state index is 12.8. The van der Waals surface area contributed by atoms with Gasteiger partial charge in [-0.2, -0.15) is 0 Å². The number of carboxylic acids is 1. The fraction of sp³-hybridized carbons (Fsp3) is 0.136. The molecule has 0 atom stereocenters. The number of anilines is 1. The summed E-state index contributed by atoms with van der Waals surface area (Å²) in [6.07, 6.45) is 1.25. The molecular formula is C22H21NO5S. The van der Waals surface area contributed by atoms with Crippen molar-refractivity contribution in [3.8, 4) is 5.75 Å². The molecule has 150 valence electrons. The first-order chi connectivity index (χ1) is 13.9. The van der Waals surface area contributed by atoms with Crippen molar-refractivity contribution in [3.05, 3.63) is 89.5 Å². The van der Waals surface area contributed by atoms with Crippen LogP contribution in [0.25, 0.3) is 0 Å². The molecule has 3 aromatic rings. The molecular weight excluding hydrogens is 390 g/mol. The van der Waals surface area contributed by atoms with E-state index >= 15 is 0 Å². The number of aromatic carboxylic acids is 1. The predicted octanol–water partition coefficient (Wildman–Crippen LogP) is 3.98. The van der Waals surface area contributed by atoms with Crippen LogP contribution in [0.2, 0.25) is 0 Å². The lowest BCUT2D eigenvalue weighted by molar-refractivity contribution is 0.0697. The Kier molecular flexibility index (Phi) is 6.19. The number of hydrogen-bond acceptors (Lipinski definition) is 4. The third kappa shape index (κ3) is 5.14. The van der Waals surface area contributed by atoms with E-state index in [1.165, 1.54) is 19.2 Å². The SMILES string of the molecule is COc1cccc(S(=O)(=O)Nc2ccccc2CCc2ccc(C(=O)O)cc2)c1. The topological polar surface area (TPSA) is 92.7 Å². The molecule has 0 amide bonds. The number of carbonyl (C=O) groups is 1. The number of rotatable bonds is 8. The molecule has 0 fully saturated rings. The molecule has 0 aliphatic carbocycles. The Hall–Kier alpha value is -3.32. The third-order valence-corrected chi connectivity index (χ3v) is 5.86. The molecule has 0 aromatic heterocycles. The highest BCUT2D eigenvalue weighted by Gasteiger charge is 2.16. The van der Waals surface area contributed by atoms with Gasteiger partial charge in [-0.25, -0.2) is 13.2 Å². The molecule has 2 N–H and O–H groups in total. The predicted molar refractivity (Wildman–Crippen MR) is 111 cm³/mol. The van der Waals surface area contributed by atoms with Crippen molar-refractivity contribution in [1.82, 2.24) is 0 Å². The van der Waals surface area contributed by atoms with Crippen molar-refractivity contribution in [1.29, 1.82) is 0 Å². The zero-order valence-corrected chi connectivity index (χ0v) is 16.6. The zero-order valence-electron chi connectivity index (χ0n) is 15.8. The number of ether oxygens (including phenoxy) is 1. The summed E-state index contributed by atoms with van der Waals surface area (Å²) >= 11 is 0. The van der Waals surface area contributed by atoms with Gasteiger partial charge in [0.2, 0.25) is 0 Å². The largest absolute Gasteiger partial charge is 0.497 e. The highest BCUT2D eigenvalue weighted by atomic mass is 32.2. The van der Waals surface area contributed by atoms with Gasteiger partial charge in [-0.3, -0.25) is 4.72 Å². The van der Waals surface area contributed by atoms with Crippen molar-refractivity contribution in [2.24, 2.45) is 0 Å². The zero-order chi connectivity index (χ0) is 20.9. The molecule has 0 heterocycles. The fourth-order valence-electron chi connectivity index (χ4n) is 2.90. The average Bonchev–Trinajstić information content (AvgIpc) is 2.73. The van der Waals surface area contributed by atoms with Crippen LogP contribution in [0.4, 0.5) is 5.69 Å². The van der Waals surface area contributed by atoms with Crippen LogP contribution in [0, 0.1) is 0 Å². The van der Waals surface area contributed by atoms with Gasteiger partial charge in [0.1, 0.15) is 5.75 Å². The van der Waals surface area contributed by atoms with Crippen LogP contribution in [0.1, 0.15) is 21.5 Å². The van der Waals surface area contributed by atoms with E-state index in [-0.39, 0.29) is 10.5 Å². The number of sulfonamides is 1. The molecule has 3 rings (SSSR count). The van der Waals surface area contributed by atoms with Crippen molar-refractivity contribution in [2.45, 2.75) is 17.7 Å². The molecule has 0 spiro atoms. The lowest BCUT2D eigenvalue weighted by Crippen LogP contribution is -2.14. The Bertz CT molecular complexity index is 1110. The summed E-state index contributed by atoms with van der Waals surface area (Å²) in [5, 5.41) is 8.98. The van der Waals surface area contributed by atoms with Crippen LogP contribution in [-0.4, -0.2) is 26.6 Å². The molecule has 0 saturated heterocycles. The standard InChI is InChI=1S/C22H21NO5S/c1-28-19-6-4-7-20(15-19)29(26,27)23-21-8-3-2-5-17(21)12-9-16-10-13-18(14-11-16)22(24)25/h2-8,10-11,13-15,23H,9,12H2,1H3,(H,24,25). The smallest absolute Gasteiger partial charge is 0.335 e. The van der Waals surface area contributed by atoms with Crippen molar-refractivity contribution in [3.63, 3.8) is 0 Å². The van der Waals surface area contributed by atoms with Crippen LogP contribution in [0.5, 0.6) is 5.75 Å². The molecule has 7 heteroatoms. The lowest BCUT2D eigenvalue weighted by atomic mass is 10.0. The van der Waals surface area contributed by atoms with Crippen molar-refractivity contribution < 1.29 is 23.1 Å². The highest BCUT2D eigenvalue weighted by Crippen LogP contribution is 2.23. The van der Waals surface area contributed by atoms with E-state index in [1.54, 1.807) is 48.5 Å². The lowest BCUT2D eigenvalue weighted by Gasteiger charge is -2.13. The summed E-state index contributed by atoms with van der Waals surface area (Å²) in [5.41, 5.74) is 2.57. The van der Waals surface area contributed by atoms with E-state index in [9.17, 15) is 13.2 Å². The number of methoxy groups -OCH3 is 1. The molecule has 3 aromatic carbocycles. The van der Waals surface area contributed by atoms with E-state index in [0.717, 1.165) is 11.1 Å². The number of para-hydroxylation sites is 1. The van der Waals surface area contributed by atoms with Crippen LogP contribution in [0.3, 0.4) is 0 Å². The van der Waals surface area contributed by atoms with Crippen LogP contribution in [0.15, 0.2) is 77.7 Å². The summed E-state index contributed by atoms with van der Waals surface area (Å²) in [6.45, 7) is 0. The van der Waals surface area contributed by atoms with Crippen LogP contribution < -0.4 is 9.46 Å². The number of nitrogens with one attached hydrogen (secondary N) is 1. The van der Waals surface area contributed by atoms with Gasteiger partial charge in [-0.05, 0) is 54.3 Å². The van der Waals surface area contributed by atoms with Gasteiger partial charge in [0, 0.05) is 6.07 Å². The van der Waals surface area contributed by atoms with Crippen LogP contribution >= 0.6 is 0 Å². The quantitative estimate of drug-likeness (QED) is 0.585. The summed E-state index contributed by atoms with van der Waals surface area (Å²) in [7, 11) is -2.28. The third-order valence-electron chi connectivity index (χ3n) is 4.50. The summed E-state index contributed by atoms with van der Waals surface area (Å²) in [4.78, 5) is 11.1. The van der Waals surface area contributed by atoms with E-state index in [4.69, 9.17) is 9.84 Å². The molecule has 0 aliphatic rings. The average molecular weight is 411 g/mol. The molecule has 29 heavy (non-hydrogen) atoms. The molecule has 0 aliphatic heterocycles. The van der Waals surface area contributed by atoms with Gasteiger partial charge in [0.05, 0.1) is 23.3 Å². The van der Waals surface area contributed by atoms with Crippen molar-refractivity contribution in [2.75, 3.05) is 11.8 Å². The second-order valence-corrected chi connectivity index (χ2v) is 8.13. The van der Waals surface area contributed by atoms with E-state index in [1.807, 2.05) is 12.1 Å². The molecule has 0 unspecified atom stereocenters. The summed E-state index contributed by atoms with van der Waals surface area (Å²) < 4.78 is 33.3. The van der Waals surface area contributed by atoms with Gasteiger partial charge >= 0.3 is 5.97 Å². The van der Waals surface area contributed by atoms with Gasteiger partial charge in [0.15, 0.2) is 0 Å². The number of benzene rings is 3. The Morgan fingerprint density at radius 2 is 1.69 bits per heavy atom. The summed E-state index contributed by atoms with van der Waals surface area (Å²) in [6, 6.07) is 20.2. The second kappa shape index (κ2) is 8.79. The van der Waals surface area contributed by atoms with Gasteiger partial charge in [-0.15, -0.1) is 0 Å². The minimum Gasteiger partial charge on any atom is -0.497 e. The van der Waals surface area contributed by atoms with E-state index in [0.29, 0.717) is 24.3 Å². The molecule has 0 saturated carbocycles. The van der Waals surface area contributed by atoms with Gasteiger partial charge in [-0.1, -0.05) is 36.4 Å².